The highest BCUT2D eigenvalue weighted by Crippen LogP contribution is 2.02. The van der Waals surface area contributed by atoms with Crippen molar-refractivity contribution < 1.29 is 9.90 Å². The number of rotatable bonds is 7. The van der Waals surface area contributed by atoms with Gasteiger partial charge in [-0.3, -0.25) is 4.79 Å². The zero-order chi connectivity index (χ0) is 11.8. The molecule has 0 bridgehead atoms. The summed E-state index contributed by atoms with van der Waals surface area (Å²) in [6.07, 6.45) is 1.68. The summed E-state index contributed by atoms with van der Waals surface area (Å²) in [6.45, 7) is 6.48. The molecule has 0 heterocycles. The number of aliphatic hydroxyl groups excluding tert-OH is 1. The molecule has 4 N–H and O–H groups in total. The molecule has 2 atom stereocenters. The van der Waals surface area contributed by atoms with Crippen LogP contribution in [0.4, 0.5) is 0 Å². The van der Waals surface area contributed by atoms with E-state index in [4.69, 9.17) is 5.73 Å². The third kappa shape index (κ3) is 8.95. The monoisotopic (exact) mass is 252 g/mol. The highest BCUT2D eigenvalue weighted by Gasteiger charge is 2.14. The molecule has 0 aromatic heterocycles. The van der Waals surface area contributed by atoms with Gasteiger partial charge in [-0.25, -0.2) is 0 Å². The number of amides is 1. The van der Waals surface area contributed by atoms with Crippen LogP contribution in [0.1, 0.15) is 40.0 Å². The van der Waals surface area contributed by atoms with E-state index in [2.05, 4.69) is 5.32 Å². The van der Waals surface area contributed by atoms with E-state index in [1.165, 1.54) is 0 Å². The van der Waals surface area contributed by atoms with Gasteiger partial charge >= 0.3 is 0 Å². The minimum Gasteiger partial charge on any atom is -0.393 e. The lowest BCUT2D eigenvalue weighted by Crippen LogP contribution is -2.42. The minimum absolute atomic E-state index is 0. The average molecular weight is 253 g/mol. The molecule has 16 heavy (non-hydrogen) atoms. The Morgan fingerprint density at radius 1 is 1.44 bits per heavy atom. The molecule has 0 aliphatic heterocycles. The highest BCUT2D eigenvalue weighted by molar-refractivity contribution is 5.85. The molecule has 0 spiro atoms. The molecule has 0 aromatic carbocycles. The number of hydrogen-bond acceptors (Lipinski definition) is 3. The van der Waals surface area contributed by atoms with Crippen LogP contribution in [-0.4, -0.2) is 29.7 Å². The lowest BCUT2D eigenvalue weighted by atomic mass is 10.0. The SMILES string of the molecule is CCC(O)CCNC(=O)[C@@H](N)CC(C)C.Cl. The Balaban J connectivity index is 0. The van der Waals surface area contributed by atoms with Gasteiger partial charge in [0.15, 0.2) is 0 Å². The number of carbonyl (C=O) groups is 1. The fraction of sp³-hybridized carbons (Fsp3) is 0.909. The Morgan fingerprint density at radius 2 is 2.00 bits per heavy atom. The van der Waals surface area contributed by atoms with Crippen molar-refractivity contribution >= 4 is 18.3 Å². The molecule has 0 aliphatic carbocycles. The van der Waals surface area contributed by atoms with Crippen LogP contribution < -0.4 is 11.1 Å². The second-order valence-corrected chi connectivity index (χ2v) is 4.38. The summed E-state index contributed by atoms with van der Waals surface area (Å²) in [6, 6.07) is -0.427. The molecule has 0 rings (SSSR count). The van der Waals surface area contributed by atoms with E-state index >= 15 is 0 Å². The van der Waals surface area contributed by atoms with E-state index in [-0.39, 0.29) is 24.4 Å². The number of hydrogen-bond donors (Lipinski definition) is 3. The predicted molar refractivity (Wildman–Crippen MR) is 68.6 cm³/mol. The quantitative estimate of drug-likeness (QED) is 0.634. The van der Waals surface area contributed by atoms with Crippen LogP contribution in [0.2, 0.25) is 0 Å². The van der Waals surface area contributed by atoms with E-state index < -0.39 is 6.04 Å². The van der Waals surface area contributed by atoms with Gasteiger partial charge in [0.1, 0.15) is 0 Å². The molecule has 4 nitrogen and oxygen atoms in total. The minimum atomic E-state index is -0.427. The fourth-order valence-corrected chi connectivity index (χ4v) is 1.31. The maximum Gasteiger partial charge on any atom is 0.236 e. The van der Waals surface area contributed by atoms with Crippen LogP contribution in [0.15, 0.2) is 0 Å². The third-order valence-corrected chi connectivity index (χ3v) is 2.31. The first-order valence-corrected chi connectivity index (χ1v) is 5.68. The Hall–Kier alpha value is -0.320. The van der Waals surface area contributed by atoms with Gasteiger partial charge in [-0.2, -0.15) is 0 Å². The van der Waals surface area contributed by atoms with Gasteiger partial charge in [0.05, 0.1) is 12.1 Å². The van der Waals surface area contributed by atoms with Crippen molar-refractivity contribution in [3.8, 4) is 0 Å². The van der Waals surface area contributed by atoms with E-state index in [1.807, 2.05) is 20.8 Å². The smallest absolute Gasteiger partial charge is 0.236 e. The van der Waals surface area contributed by atoms with Crippen molar-refractivity contribution in [3.05, 3.63) is 0 Å². The van der Waals surface area contributed by atoms with Gasteiger partial charge in [0.25, 0.3) is 0 Å². The Bertz CT molecular complexity index is 189. The first kappa shape index (κ1) is 18.1. The normalized spacial score (nSPS) is 14.1. The Labute approximate surface area is 104 Å². The molecule has 5 heteroatoms. The molecule has 98 valence electrons. The molecule has 0 saturated carbocycles. The van der Waals surface area contributed by atoms with E-state index in [1.54, 1.807) is 0 Å². The summed E-state index contributed by atoms with van der Waals surface area (Å²) in [4.78, 5) is 11.4. The summed E-state index contributed by atoms with van der Waals surface area (Å²) < 4.78 is 0. The van der Waals surface area contributed by atoms with Gasteiger partial charge in [0, 0.05) is 6.54 Å². The number of nitrogens with two attached hydrogens (primary N) is 1. The van der Waals surface area contributed by atoms with Crippen LogP contribution >= 0.6 is 12.4 Å². The summed E-state index contributed by atoms with van der Waals surface area (Å²) in [5, 5.41) is 12.0. The van der Waals surface area contributed by atoms with Crippen molar-refractivity contribution in [2.75, 3.05) is 6.54 Å². The first-order valence-electron chi connectivity index (χ1n) is 5.68. The highest BCUT2D eigenvalue weighted by atomic mass is 35.5. The van der Waals surface area contributed by atoms with Crippen LogP contribution in [0, 0.1) is 5.92 Å². The lowest BCUT2D eigenvalue weighted by molar-refractivity contribution is -0.122. The van der Waals surface area contributed by atoms with Crippen LogP contribution in [-0.2, 0) is 4.79 Å². The molecule has 0 aliphatic rings. The van der Waals surface area contributed by atoms with Crippen molar-refractivity contribution in [1.82, 2.24) is 5.32 Å². The summed E-state index contributed by atoms with van der Waals surface area (Å²) in [7, 11) is 0. The number of aliphatic hydroxyl groups is 1. The second kappa shape index (κ2) is 9.87. The molecular weight excluding hydrogens is 228 g/mol. The van der Waals surface area contributed by atoms with Gasteiger partial charge < -0.3 is 16.2 Å². The van der Waals surface area contributed by atoms with Gasteiger partial charge in [-0.05, 0) is 25.2 Å². The molecule has 0 saturated heterocycles. The molecule has 0 fully saturated rings. The number of nitrogens with one attached hydrogen (secondary N) is 1. The average Bonchev–Trinajstić information content (AvgIpc) is 2.16. The molecule has 0 radical (unpaired) electrons. The molecule has 1 unspecified atom stereocenters. The predicted octanol–water partition coefficient (Wildman–Crippen LogP) is 1.06. The molecule has 1 amide bonds. The van der Waals surface area contributed by atoms with Gasteiger partial charge in [0.2, 0.25) is 5.91 Å². The second-order valence-electron chi connectivity index (χ2n) is 4.38. The fourth-order valence-electron chi connectivity index (χ4n) is 1.31. The summed E-state index contributed by atoms with van der Waals surface area (Å²) in [5.41, 5.74) is 5.69. The summed E-state index contributed by atoms with van der Waals surface area (Å²) in [5.74, 6) is 0.305. The van der Waals surface area contributed by atoms with Crippen molar-refractivity contribution in [3.63, 3.8) is 0 Å². The van der Waals surface area contributed by atoms with Crippen molar-refractivity contribution in [1.29, 1.82) is 0 Å². The van der Waals surface area contributed by atoms with Gasteiger partial charge in [-0.15, -0.1) is 12.4 Å². The number of halogens is 1. The van der Waals surface area contributed by atoms with E-state index in [0.29, 0.717) is 31.7 Å². The molecular formula is C11H25ClN2O2. The standard InChI is InChI=1S/C11H24N2O2.ClH/c1-4-9(14)5-6-13-11(15)10(12)7-8(2)3;/h8-10,14H,4-7,12H2,1-3H3,(H,13,15);1H/t9?,10-;/m0./s1. The van der Waals surface area contributed by atoms with Gasteiger partial charge in [-0.1, -0.05) is 20.8 Å². The maximum atomic E-state index is 11.4. The lowest BCUT2D eigenvalue weighted by Gasteiger charge is -2.15. The zero-order valence-electron chi connectivity index (χ0n) is 10.4. The largest absolute Gasteiger partial charge is 0.393 e. The summed E-state index contributed by atoms with van der Waals surface area (Å²) >= 11 is 0. The first-order chi connectivity index (χ1) is 6.97. The Kier molecular flexibility index (Phi) is 11.1. The van der Waals surface area contributed by atoms with Crippen molar-refractivity contribution in [2.45, 2.75) is 52.2 Å². The zero-order valence-corrected chi connectivity index (χ0v) is 11.2. The maximum absolute atomic E-state index is 11.4. The van der Waals surface area contributed by atoms with Crippen LogP contribution in [0.25, 0.3) is 0 Å². The molecule has 0 aromatic rings. The van der Waals surface area contributed by atoms with Crippen molar-refractivity contribution in [2.24, 2.45) is 11.7 Å². The number of carbonyl (C=O) groups excluding carboxylic acids is 1. The van der Waals surface area contributed by atoms with E-state index in [9.17, 15) is 9.90 Å². The Morgan fingerprint density at radius 3 is 2.44 bits per heavy atom. The third-order valence-electron chi connectivity index (χ3n) is 2.31. The topological polar surface area (TPSA) is 75.3 Å². The van der Waals surface area contributed by atoms with E-state index in [0.717, 1.165) is 0 Å². The van der Waals surface area contributed by atoms with Crippen LogP contribution in [0.3, 0.4) is 0 Å². The van der Waals surface area contributed by atoms with Crippen LogP contribution in [0.5, 0.6) is 0 Å².